The lowest BCUT2D eigenvalue weighted by molar-refractivity contribution is 0.268. The van der Waals surface area contributed by atoms with Gasteiger partial charge in [-0.25, -0.2) is 4.98 Å². The Balaban J connectivity index is 1.51. The third-order valence-electron chi connectivity index (χ3n) is 5.91. The van der Waals surface area contributed by atoms with Crippen LogP contribution in [0.2, 0.25) is 0 Å². The molecule has 5 rings (SSSR count). The zero-order valence-corrected chi connectivity index (χ0v) is 16.9. The Morgan fingerprint density at radius 3 is 2.72 bits per heavy atom. The number of anilines is 1. The molecule has 0 saturated carbocycles. The van der Waals surface area contributed by atoms with Crippen molar-refractivity contribution in [2.45, 2.75) is 33.2 Å². The van der Waals surface area contributed by atoms with Crippen LogP contribution in [0, 0.1) is 11.3 Å². The van der Waals surface area contributed by atoms with E-state index >= 15 is 0 Å². The van der Waals surface area contributed by atoms with Crippen LogP contribution in [0.4, 0.5) is 5.95 Å². The van der Waals surface area contributed by atoms with E-state index in [1.807, 2.05) is 29.0 Å². The summed E-state index contributed by atoms with van der Waals surface area (Å²) in [4.78, 5) is 28.8. The van der Waals surface area contributed by atoms with E-state index in [2.05, 4.69) is 34.8 Å². The predicted octanol–water partition coefficient (Wildman–Crippen LogP) is 2.96. The smallest absolute Gasteiger partial charge is 0.255 e. The first-order valence-electron chi connectivity index (χ1n) is 10.2. The number of hydrogen-bond acceptors (Lipinski definition) is 5. The summed E-state index contributed by atoms with van der Waals surface area (Å²) in [7, 11) is 0. The molecule has 0 N–H and O–H groups in total. The monoisotopic (exact) mass is 387 g/mol. The minimum atomic E-state index is 0.0101. The molecule has 6 heteroatoms. The molecule has 0 radical (unpaired) electrons. The van der Waals surface area contributed by atoms with Crippen molar-refractivity contribution in [3.05, 3.63) is 70.5 Å². The summed E-state index contributed by atoms with van der Waals surface area (Å²) in [5.74, 6) is 1.27. The van der Waals surface area contributed by atoms with Gasteiger partial charge >= 0.3 is 0 Å². The van der Waals surface area contributed by atoms with Gasteiger partial charge < -0.3 is 4.90 Å². The molecule has 0 fully saturated rings. The Morgan fingerprint density at radius 1 is 1.10 bits per heavy atom. The lowest BCUT2D eigenvalue weighted by Crippen LogP contribution is -2.49. The molecule has 2 aliphatic rings. The first-order chi connectivity index (χ1) is 14.0. The number of rotatable bonds is 3. The summed E-state index contributed by atoms with van der Waals surface area (Å²) in [5, 5.41) is 0. The molecule has 29 heavy (non-hydrogen) atoms. The van der Waals surface area contributed by atoms with E-state index in [0.29, 0.717) is 18.2 Å². The third kappa shape index (κ3) is 3.43. The first kappa shape index (κ1) is 18.0. The van der Waals surface area contributed by atoms with E-state index in [9.17, 15) is 4.79 Å². The SMILES string of the molecule is CC1(C)CN(C[C@H]2Cc3cccnc3C2)c2nc(-c3ccncc3)cc(=O)n2C1. The molecule has 148 valence electrons. The van der Waals surface area contributed by atoms with Crippen molar-refractivity contribution in [3.63, 3.8) is 0 Å². The molecule has 1 aliphatic carbocycles. The van der Waals surface area contributed by atoms with E-state index in [-0.39, 0.29) is 11.0 Å². The van der Waals surface area contributed by atoms with Gasteiger partial charge in [-0.05, 0) is 42.5 Å². The summed E-state index contributed by atoms with van der Waals surface area (Å²) in [6.07, 6.45) is 7.37. The highest BCUT2D eigenvalue weighted by atomic mass is 16.1. The number of nitrogens with zero attached hydrogens (tertiary/aromatic N) is 5. The molecule has 0 saturated heterocycles. The third-order valence-corrected chi connectivity index (χ3v) is 5.91. The summed E-state index contributed by atoms with van der Waals surface area (Å²) >= 11 is 0. The van der Waals surface area contributed by atoms with Crippen LogP contribution in [0.15, 0.2) is 53.7 Å². The van der Waals surface area contributed by atoms with E-state index in [4.69, 9.17) is 4.98 Å². The van der Waals surface area contributed by atoms with Crippen molar-refractivity contribution < 1.29 is 0 Å². The highest BCUT2D eigenvalue weighted by Crippen LogP contribution is 2.33. The molecule has 0 bridgehead atoms. The Hall–Kier alpha value is -3.02. The average Bonchev–Trinajstić information content (AvgIpc) is 3.11. The summed E-state index contributed by atoms with van der Waals surface area (Å²) in [5.41, 5.74) is 4.22. The minimum absolute atomic E-state index is 0.0101. The van der Waals surface area contributed by atoms with Crippen LogP contribution in [0.5, 0.6) is 0 Å². The quantitative estimate of drug-likeness (QED) is 0.691. The zero-order chi connectivity index (χ0) is 20.0. The molecule has 0 aromatic carbocycles. The number of aromatic nitrogens is 4. The van der Waals surface area contributed by atoms with Gasteiger partial charge in [-0.3, -0.25) is 19.3 Å². The molecule has 4 heterocycles. The van der Waals surface area contributed by atoms with Crippen molar-refractivity contribution in [2.75, 3.05) is 18.0 Å². The van der Waals surface area contributed by atoms with Gasteiger partial charge in [-0.15, -0.1) is 0 Å². The first-order valence-corrected chi connectivity index (χ1v) is 10.2. The number of fused-ring (bicyclic) bond motifs is 2. The van der Waals surface area contributed by atoms with Gasteiger partial charge in [0.15, 0.2) is 0 Å². The van der Waals surface area contributed by atoms with Crippen molar-refractivity contribution in [1.82, 2.24) is 19.5 Å². The van der Waals surface area contributed by atoms with Crippen molar-refractivity contribution in [3.8, 4) is 11.3 Å². The second kappa shape index (κ2) is 6.79. The summed E-state index contributed by atoms with van der Waals surface area (Å²) in [6, 6.07) is 9.64. The fourth-order valence-corrected chi connectivity index (χ4v) is 4.70. The van der Waals surface area contributed by atoms with Gasteiger partial charge in [-0.2, -0.15) is 0 Å². The van der Waals surface area contributed by atoms with Gasteiger partial charge in [0, 0.05) is 61.0 Å². The molecule has 0 unspecified atom stereocenters. The fraction of sp³-hybridized carbons (Fsp3) is 0.391. The van der Waals surface area contributed by atoms with Crippen LogP contribution < -0.4 is 10.5 Å². The Morgan fingerprint density at radius 2 is 1.93 bits per heavy atom. The molecular weight excluding hydrogens is 362 g/mol. The van der Waals surface area contributed by atoms with Crippen LogP contribution in [0.25, 0.3) is 11.3 Å². The molecule has 0 spiro atoms. The second-order valence-electron chi connectivity index (χ2n) is 9.03. The Labute approximate surface area is 170 Å². The fourth-order valence-electron chi connectivity index (χ4n) is 4.70. The molecule has 1 atom stereocenters. The molecular formula is C23H25N5O. The Bertz CT molecular complexity index is 1080. The maximum absolute atomic E-state index is 13.0. The van der Waals surface area contributed by atoms with Gasteiger partial charge in [-0.1, -0.05) is 19.9 Å². The normalized spacial score (nSPS) is 19.7. The second-order valence-corrected chi connectivity index (χ2v) is 9.03. The van der Waals surface area contributed by atoms with Gasteiger partial charge in [0.25, 0.3) is 5.56 Å². The van der Waals surface area contributed by atoms with Crippen LogP contribution in [0.3, 0.4) is 0 Å². The molecule has 1 aliphatic heterocycles. The number of pyridine rings is 2. The topological polar surface area (TPSA) is 63.9 Å². The van der Waals surface area contributed by atoms with Crippen LogP contribution in [0.1, 0.15) is 25.1 Å². The van der Waals surface area contributed by atoms with E-state index < -0.39 is 0 Å². The molecule has 6 nitrogen and oxygen atoms in total. The van der Waals surface area contributed by atoms with Crippen LogP contribution in [-0.4, -0.2) is 32.6 Å². The Kier molecular flexibility index (Phi) is 4.23. The van der Waals surface area contributed by atoms with Crippen molar-refractivity contribution >= 4 is 5.95 Å². The predicted molar refractivity (Wildman–Crippen MR) is 113 cm³/mol. The maximum Gasteiger partial charge on any atom is 0.255 e. The van der Waals surface area contributed by atoms with Crippen LogP contribution in [-0.2, 0) is 19.4 Å². The lowest BCUT2D eigenvalue weighted by Gasteiger charge is -2.41. The lowest BCUT2D eigenvalue weighted by atomic mass is 9.90. The van der Waals surface area contributed by atoms with Crippen molar-refractivity contribution in [2.24, 2.45) is 11.3 Å². The largest absolute Gasteiger partial charge is 0.341 e. The molecule has 0 amide bonds. The number of hydrogen-bond donors (Lipinski definition) is 0. The highest BCUT2D eigenvalue weighted by Gasteiger charge is 2.34. The van der Waals surface area contributed by atoms with Crippen molar-refractivity contribution in [1.29, 1.82) is 0 Å². The average molecular weight is 387 g/mol. The summed E-state index contributed by atoms with van der Waals surface area (Å²) < 4.78 is 1.84. The highest BCUT2D eigenvalue weighted by molar-refractivity contribution is 5.59. The molecule has 3 aromatic heterocycles. The van der Waals surface area contributed by atoms with E-state index in [1.165, 1.54) is 11.3 Å². The van der Waals surface area contributed by atoms with Crippen LogP contribution >= 0.6 is 0 Å². The van der Waals surface area contributed by atoms with Gasteiger partial charge in [0.1, 0.15) is 0 Å². The zero-order valence-electron chi connectivity index (χ0n) is 16.9. The summed E-state index contributed by atoms with van der Waals surface area (Å²) in [6.45, 7) is 6.90. The standard InChI is InChI=1S/C23H25N5O/c1-23(2)14-27(13-16-10-18-4-3-7-25-19(18)11-16)22-26-20(12-21(29)28(22)15-23)17-5-8-24-9-6-17/h3-9,12,16H,10-11,13-15H2,1-2H3/t16-/m0/s1. The molecule has 3 aromatic rings. The maximum atomic E-state index is 13.0. The van der Waals surface area contributed by atoms with Gasteiger partial charge in [0.2, 0.25) is 5.95 Å². The van der Waals surface area contributed by atoms with E-state index in [1.54, 1.807) is 18.5 Å². The van der Waals surface area contributed by atoms with Gasteiger partial charge in [0.05, 0.1) is 5.69 Å². The minimum Gasteiger partial charge on any atom is -0.341 e. The van der Waals surface area contributed by atoms with E-state index in [0.717, 1.165) is 37.4 Å².